The lowest BCUT2D eigenvalue weighted by atomic mass is 9.74. The molecular weight excluding hydrogens is 238 g/mol. The quantitative estimate of drug-likeness (QED) is 0.837. The first-order valence-electron chi connectivity index (χ1n) is 6.04. The van der Waals surface area contributed by atoms with Gasteiger partial charge in [-0.3, -0.25) is 9.48 Å². The second-order valence-corrected chi connectivity index (χ2v) is 4.64. The van der Waals surface area contributed by atoms with Crippen molar-refractivity contribution in [2.24, 2.45) is 7.05 Å². The summed E-state index contributed by atoms with van der Waals surface area (Å²) >= 11 is 0. The fourth-order valence-electron chi connectivity index (χ4n) is 2.20. The van der Waals surface area contributed by atoms with Crippen LogP contribution in [0.2, 0.25) is 0 Å². The first kappa shape index (κ1) is 13.0. The zero-order chi connectivity index (χ0) is 13.9. The van der Waals surface area contributed by atoms with E-state index in [2.05, 4.69) is 11.2 Å². The Morgan fingerprint density at radius 3 is 2.58 bits per heavy atom. The van der Waals surface area contributed by atoms with E-state index < -0.39 is 5.41 Å². The number of carbonyl (C=O) groups excluding carboxylic acids is 1. The molecule has 0 saturated carbocycles. The summed E-state index contributed by atoms with van der Waals surface area (Å²) < 4.78 is 1.67. The lowest BCUT2D eigenvalue weighted by Gasteiger charge is -2.23. The SMILES string of the molecule is CC(=O)C(C#N)(Cc1cnn(C)c1)c1ccccc1. The molecule has 0 aliphatic rings. The summed E-state index contributed by atoms with van der Waals surface area (Å²) in [7, 11) is 1.81. The van der Waals surface area contributed by atoms with E-state index in [1.54, 1.807) is 10.9 Å². The van der Waals surface area contributed by atoms with Gasteiger partial charge in [0.2, 0.25) is 0 Å². The van der Waals surface area contributed by atoms with Gasteiger partial charge in [-0.15, -0.1) is 0 Å². The van der Waals surface area contributed by atoms with Crippen molar-refractivity contribution >= 4 is 5.78 Å². The van der Waals surface area contributed by atoms with Crippen LogP contribution in [0.1, 0.15) is 18.1 Å². The van der Waals surface area contributed by atoms with Gasteiger partial charge in [0.25, 0.3) is 0 Å². The van der Waals surface area contributed by atoms with E-state index in [1.807, 2.05) is 43.6 Å². The molecule has 0 bridgehead atoms. The Morgan fingerprint density at radius 1 is 1.42 bits per heavy atom. The number of nitriles is 1. The minimum Gasteiger partial charge on any atom is -0.298 e. The van der Waals surface area contributed by atoms with Gasteiger partial charge < -0.3 is 0 Å². The number of hydrogen-bond acceptors (Lipinski definition) is 3. The lowest BCUT2D eigenvalue weighted by Crippen LogP contribution is -2.35. The molecule has 4 nitrogen and oxygen atoms in total. The van der Waals surface area contributed by atoms with Gasteiger partial charge in [-0.2, -0.15) is 10.4 Å². The largest absolute Gasteiger partial charge is 0.298 e. The summed E-state index contributed by atoms with van der Waals surface area (Å²) in [5.74, 6) is -0.148. The molecule has 0 fully saturated rings. The fourth-order valence-corrected chi connectivity index (χ4v) is 2.20. The molecule has 96 valence electrons. The van der Waals surface area contributed by atoms with Crippen LogP contribution in [0.25, 0.3) is 0 Å². The van der Waals surface area contributed by atoms with Crippen molar-refractivity contribution in [1.82, 2.24) is 9.78 Å². The first-order chi connectivity index (χ1) is 9.08. The van der Waals surface area contributed by atoms with Crippen molar-refractivity contribution < 1.29 is 4.79 Å². The molecule has 19 heavy (non-hydrogen) atoms. The van der Waals surface area contributed by atoms with Crippen LogP contribution in [0, 0.1) is 11.3 Å². The van der Waals surface area contributed by atoms with Crippen LogP contribution in [0.3, 0.4) is 0 Å². The van der Waals surface area contributed by atoms with Gasteiger partial charge in [0.15, 0.2) is 5.78 Å². The van der Waals surface area contributed by atoms with Crippen LogP contribution in [0.4, 0.5) is 0 Å². The highest BCUT2D eigenvalue weighted by Gasteiger charge is 2.38. The average Bonchev–Trinajstić information content (AvgIpc) is 2.82. The Labute approximate surface area is 112 Å². The molecule has 0 N–H and O–H groups in total. The molecule has 1 heterocycles. The number of Topliss-reactive ketones (excluding diaryl/α,β-unsaturated/α-hetero) is 1. The van der Waals surface area contributed by atoms with E-state index in [-0.39, 0.29) is 5.78 Å². The maximum absolute atomic E-state index is 12.1. The van der Waals surface area contributed by atoms with Gasteiger partial charge in [-0.05, 0) is 18.1 Å². The highest BCUT2D eigenvalue weighted by molar-refractivity contribution is 5.91. The number of hydrogen-bond donors (Lipinski definition) is 0. The summed E-state index contributed by atoms with van der Waals surface area (Å²) in [4.78, 5) is 12.1. The van der Waals surface area contributed by atoms with Crippen LogP contribution in [-0.2, 0) is 23.7 Å². The van der Waals surface area contributed by atoms with Gasteiger partial charge in [0, 0.05) is 19.7 Å². The normalized spacial score (nSPS) is 13.5. The molecule has 1 aromatic heterocycles. The van der Waals surface area contributed by atoms with Crippen LogP contribution in [0.5, 0.6) is 0 Å². The lowest BCUT2D eigenvalue weighted by molar-refractivity contribution is -0.120. The predicted octanol–water partition coefficient (Wildman–Crippen LogP) is 2.01. The molecule has 0 aliphatic carbocycles. The molecule has 1 unspecified atom stereocenters. The minimum atomic E-state index is -1.13. The average molecular weight is 253 g/mol. The summed E-state index contributed by atoms with van der Waals surface area (Å²) in [5, 5.41) is 13.7. The van der Waals surface area contributed by atoms with Gasteiger partial charge in [0.05, 0.1) is 12.3 Å². The Morgan fingerprint density at radius 2 is 2.11 bits per heavy atom. The van der Waals surface area contributed by atoms with Crippen molar-refractivity contribution in [3.05, 3.63) is 53.9 Å². The van der Waals surface area contributed by atoms with E-state index in [0.29, 0.717) is 6.42 Å². The van der Waals surface area contributed by atoms with Crippen molar-refractivity contribution in [2.75, 3.05) is 0 Å². The third-order valence-corrected chi connectivity index (χ3v) is 3.29. The summed E-state index contributed by atoms with van der Waals surface area (Å²) in [5.41, 5.74) is 0.474. The topological polar surface area (TPSA) is 58.7 Å². The molecule has 2 aromatic rings. The standard InChI is InChI=1S/C15H15N3O/c1-12(19)15(11-16,14-6-4-3-5-7-14)8-13-9-17-18(2)10-13/h3-7,9-10H,8H2,1-2H3. The predicted molar refractivity (Wildman–Crippen MR) is 71.3 cm³/mol. The third-order valence-electron chi connectivity index (χ3n) is 3.29. The molecule has 1 aromatic carbocycles. The van der Waals surface area contributed by atoms with Crippen molar-refractivity contribution in [3.63, 3.8) is 0 Å². The van der Waals surface area contributed by atoms with Gasteiger partial charge in [-0.25, -0.2) is 0 Å². The van der Waals surface area contributed by atoms with Crippen LogP contribution < -0.4 is 0 Å². The van der Waals surface area contributed by atoms with Crippen molar-refractivity contribution in [1.29, 1.82) is 5.26 Å². The zero-order valence-corrected chi connectivity index (χ0v) is 11.0. The summed E-state index contributed by atoms with van der Waals surface area (Å²) in [6.07, 6.45) is 3.87. The Balaban J connectivity index is 2.47. The van der Waals surface area contributed by atoms with Crippen LogP contribution >= 0.6 is 0 Å². The third kappa shape index (κ3) is 2.41. The number of aryl methyl sites for hydroxylation is 1. The zero-order valence-electron chi connectivity index (χ0n) is 11.0. The highest BCUT2D eigenvalue weighted by atomic mass is 16.1. The molecule has 1 atom stereocenters. The molecule has 0 aliphatic heterocycles. The summed E-state index contributed by atoms with van der Waals surface area (Å²) in [6, 6.07) is 11.4. The Bertz CT molecular complexity index is 624. The Hall–Kier alpha value is -2.41. The minimum absolute atomic E-state index is 0.148. The number of benzene rings is 1. The summed E-state index contributed by atoms with van der Waals surface area (Å²) in [6.45, 7) is 1.46. The van der Waals surface area contributed by atoms with E-state index in [1.165, 1.54) is 6.92 Å². The maximum Gasteiger partial charge on any atom is 0.154 e. The second-order valence-electron chi connectivity index (χ2n) is 4.64. The Kier molecular flexibility index (Phi) is 3.48. The first-order valence-corrected chi connectivity index (χ1v) is 6.04. The molecule has 2 rings (SSSR count). The monoisotopic (exact) mass is 253 g/mol. The number of nitrogens with zero attached hydrogens (tertiary/aromatic N) is 3. The van der Waals surface area contributed by atoms with Gasteiger partial charge >= 0.3 is 0 Å². The number of ketones is 1. The maximum atomic E-state index is 12.1. The molecule has 0 spiro atoms. The van der Waals surface area contributed by atoms with E-state index in [4.69, 9.17) is 0 Å². The van der Waals surface area contributed by atoms with E-state index in [9.17, 15) is 10.1 Å². The molecule has 4 heteroatoms. The van der Waals surface area contributed by atoms with Crippen molar-refractivity contribution in [3.8, 4) is 6.07 Å². The fraction of sp³-hybridized carbons (Fsp3) is 0.267. The van der Waals surface area contributed by atoms with E-state index in [0.717, 1.165) is 11.1 Å². The highest BCUT2D eigenvalue weighted by Crippen LogP contribution is 2.29. The van der Waals surface area contributed by atoms with Crippen LogP contribution in [0.15, 0.2) is 42.7 Å². The number of carbonyl (C=O) groups is 1. The second kappa shape index (κ2) is 5.07. The van der Waals surface area contributed by atoms with E-state index >= 15 is 0 Å². The smallest absolute Gasteiger partial charge is 0.154 e. The molecular formula is C15H15N3O. The molecule has 0 amide bonds. The van der Waals surface area contributed by atoms with Crippen LogP contribution in [-0.4, -0.2) is 15.6 Å². The molecule has 0 radical (unpaired) electrons. The van der Waals surface area contributed by atoms with Gasteiger partial charge in [0.1, 0.15) is 5.41 Å². The number of rotatable bonds is 4. The van der Waals surface area contributed by atoms with Gasteiger partial charge in [-0.1, -0.05) is 30.3 Å². The molecule has 0 saturated heterocycles. The van der Waals surface area contributed by atoms with Crippen molar-refractivity contribution in [2.45, 2.75) is 18.8 Å². The number of aromatic nitrogens is 2.